The Labute approximate surface area is 126 Å². The van der Waals surface area contributed by atoms with Crippen molar-refractivity contribution < 1.29 is 14.6 Å². The molecule has 112 valence electrons. The van der Waals surface area contributed by atoms with Gasteiger partial charge in [-0.2, -0.15) is 0 Å². The number of nitrogens with zero attached hydrogens (tertiary/aromatic N) is 4. The summed E-state index contributed by atoms with van der Waals surface area (Å²) in [6.45, 7) is 2.43. The number of ether oxygens (including phenoxy) is 1. The number of aromatic nitrogens is 4. The van der Waals surface area contributed by atoms with Gasteiger partial charge in [0, 0.05) is 24.5 Å². The first-order valence-corrected chi connectivity index (χ1v) is 7.47. The van der Waals surface area contributed by atoms with E-state index in [1.54, 1.807) is 23.9 Å². The Balaban J connectivity index is 2.19. The third kappa shape index (κ3) is 4.02. The van der Waals surface area contributed by atoms with Gasteiger partial charge in [-0.05, 0) is 19.1 Å². The second kappa shape index (κ2) is 7.75. The van der Waals surface area contributed by atoms with Gasteiger partial charge >= 0.3 is 5.97 Å². The van der Waals surface area contributed by atoms with Gasteiger partial charge in [-0.15, -0.1) is 10.2 Å². The summed E-state index contributed by atoms with van der Waals surface area (Å²) in [6, 6.07) is 3.63. The van der Waals surface area contributed by atoms with Crippen molar-refractivity contribution in [3.8, 4) is 11.4 Å². The van der Waals surface area contributed by atoms with Gasteiger partial charge in [-0.3, -0.25) is 14.3 Å². The highest BCUT2D eigenvalue weighted by Gasteiger charge is 2.15. The minimum atomic E-state index is -0.300. The molecular weight excluding hydrogens is 292 g/mol. The van der Waals surface area contributed by atoms with Crippen molar-refractivity contribution in [1.29, 1.82) is 0 Å². The summed E-state index contributed by atoms with van der Waals surface area (Å²) < 4.78 is 6.66. The second-order valence-corrected chi connectivity index (χ2v) is 4.95. The van der Waals surface area contributed by atoms with E-state index in [1.165, 1.54) is 11.8 Å². The predicted octanol–water partition coefficient (Wildman–Crippen LogP) is 0.988. The van der Waals surface area contributed by atoms with Crippen molar-refractivity contribution in [2.75, 3.05) is 19.0 Å². The van der Waals surface area contributed by atoms with Crippen LogP contribution in [0.25, 0.3) is 11.4 Å². The number of aliphatic hydroxyl groups is 1. The number of carbonyl (C=O) groups excluding carboxylic acids is 1. The van der Waals surface area contributed by atoms with E-state index in [-0.39, 0.29) is 18.3 Å². The van der Waals surface area contributed by atoms with Gasteiger partial charge in [0.25, 0.3) is 0 Å². The first-order valence-electron chi connectivity index (χ1n) is 6.49. The molecule has 0 unspecified atom stereocenters. The van der Waals surface area contributed by atoms with Crippen LogP contribution >= 0.6 is 11.8 Å². The van der Waals surface area contributed by atoms with Crippen molar-refractivity contribution in [3.63, 3.8) is 0 Å². The zero-order valence-corrected chi connectivity index (χ0v) is 12.4. The van der Waals surface area contributed by atoms with Gasteiger partial charge in [0.05, 0.1) is 19.0 Å². The molecule has 2 heterocycles. The summed E-state index contributed by atoms with van der Waals surface area (Å²) in [4.78, 5) is 15.4. The van der Waals surface area contributed by atoms with E-state index in [9.17, 15) is 9.90 Å². The number of pyridine rings is 1. The van der Waals surface area contributed by atoms with Crippen LogP contribution in [0.4, 0.5) is 0 Å². The number of hydrogen-bond acceptors (Lipinski definition) is 7. The molecule has 0 aromatic carbocycles. The predicted molar refractivity (Wildman–Crippen MR) is 77.7 cm³/mol. The zero-order chi connectivity index (χ0) is 15.1. The Bertz CT molecular complexity index is 588. The average molecular weight is 308 g/mol. The van der Waals surface area contributed by atoms with Crippen molar-refractivity contribution >= 4 is 17.7 Å². The first-order chi connectivity index (χ1) is 10.3. The van der Waals surface area contributed by atoms with E-state index in [4.69, 9.17) is 4.74 Å². The molecule has 21 heavy (non-hydrogen) atoms. The molecule has 0 amide bonds. The Hall–Kier alpha value is -1.93. The molecule has 0 aliphatic rings. The van der Waals surface area contributed by atoms with Gasteiger partial charge in [-0.1, -0.05) is 11.8 Å². The molecular formula is C13H16N4O3S. The van der Waals surface area contributed by atoms with E-state index in [0.29, 0.717) is 24.1 Å². The largest absolute Gasteiger partial charge is 0.465 e. The highest BCUT2D eigenvalue weighted by molar-refractivity contribution is 7.99. The summed E-state index contributed by atoms with van der Waals surface area (Å²) in [5.41, 5.74) is 0.855. The monoisotopic (exact) mass is 308 g/mol. The van der Waals surface area contributed by atoms with Crippen molar-refractivity contribution in [2.45, 2.75) is 18.6 Å². The SMILES string of the molecule is CCOC(=O)CSc1nnc(-c2ccncc2)n1CCO. The number of rotatable bonds is 7. The van der Waals surface area contributed by atoms with Crippen LogP contribution in [-0.2, 0) is 16.1 Å². The summed E-state index contributed by atoms with van der Waals surface area (Å²) in [6.07, 6.45) is 3.33. The molecule has 0 aliphatic carbocycles. The summed E-state index contributed by atoms with van der Waals surface area (Å²) in [5.74, 6) is 0.498. The molecule has 2 aromatic heterocycles. The fourth-order valence-electron chi connectivity index (χ4n) is 1.74. The van der Waals surface area contributed by atoms with Crippen LogP contribution < -0.4 is 0 Å². The Morgan fingerprint density at radius 3 is 2.81 bits per heavy atom. The molecule has 0 saturated carbocycles. The quantitative estimate of drug-likeness (QED) is 0.602. The fourth-order valence-corrected chi connectivity index (χ4v) is 2.50. The Kier molecular flexibility index (Phi) is 5.70. The lowest BCUT2D eigenvalue weighted by Gasteiger charge is -2.08. The van der Waals surface area contributed by atoms with Gasteiger partial charge in [0.15, 0.2) is 11.0 Å². The van der Waals surface area contributed by atoms with Crippen LogP contribution in [0.15, 0.2) is 29.7 Å². The Morgan fingerprint density at radius 2 is 2.14 bits per heavy atom. The molecule has 1 N–H and O–H groups in total. The van der Waals surface area contributed by atoms with Crippen LogP contribution in [0.5, 0.6) is 0 Å². The topological polar surface area (TPSA) is 90.1 Å². The van der Waals surface area contributed by atoms with Crippen LogP contribution in [-0.4, -0.2) is 49.8 Å². The highest BCUT2D eigenvalue weighted by Crippen LogP contribution is 2.23. The molecule has 0 aliphatic heterocycles. The smallest absolute Gasteiger partial charge is 0.316 e. The maximum atomic E-state index is 11.4. The van der Waals surface area contributed by atoms with Crippen LogP contribution in [0.2, 0.25) is 0 Å². The average Bonchev–Trinajstić information content (AvgIpc) is 2.90. The molecule has 0 bridgehead atoms. The van der Waals surface area contributed by atoms with E-state index < -0.39 is 0 Å². The van der Waals surface area contributed by atoms with Gasteiger partial charge in [0.2, 0.25) is 0 Å². The summed E-state index contributed by atoms with van der Waals surface area (Å²) in [7, 11) is 0. The molecule has 0 spiro atoms. The van der Waals surface area contributed by atoms with E-state index >= 15 is 0 Å². The molecule has 7 nitrogen and oxygen atoms in total. The molecule has 8 heteroatoms. The van der Waals surface area contributed by atoms with Crippen LogP contribution in [0.1, 0.15) is 6.92 Å². The molecule has 2 aromatic rings. The summed E-state index contributed by atoms with van der Waals surface area (Å²) in [5, 5.41) is 18.0. The lowest BCUT2D eigenvalue weighted by Crippen LogP contribution is -2.09. The molecule has 2 rings (SSSR count). The number of aliphatic hydroxyl groups excluding tert-OH is 1. The van der Waals surface area contributed by atoms with Crippen molar-refractivity contribution in [1.82, 2.24) is 19.7 Å². The minimum Gasteiger partial charge on any atom is -0.465 e. The first kappa shape index (κ1) is 15.5. The third-order valence-corrected chi connectivity index (χ3v) is 3.54. The minimum absolute atomic E-state index is 0.0386. The maximum Gasteiger partial charge on any atom is 0.316 e. The highest BCUT2D eigenvalue weighted by atomic mass is 32.2. The maximum absolute atomic E-state index is 11.4. The number of thioether (sulfide) groups is 1. The van der Waals surface area contributed by atoms with E-state index in [1.807, 2.05) is 12.1 Å². The molecule has 0 atom stereocenters. The zero-order valence-electron chi connectivity index (χ0n) is 11.6. The van der Waals surface area contributed by atoms with Crippen molar-refractivity contribution in [2.24, 2.45) is 0 Å². The lowest BCUT2D eigenvalue weighted by atomic mass is 10.2. The van der Waals surface area contributed by atoms with E-state index in [0.717, 1.165) is 5.56 Å². The standard InChI is InChI=1S/C13H16N4O3S/c1-2-20-11(19)9-21-13-16-15-12(17(13)7-8-18)10-3-5-14-6-4-10/h3-6,18H,2,7-9H2,1H3. The van der Waals surface area contributed by atoms with E-state index in [2.05, 4.69) is 15.2 Å². The van der Waals surface area contributed by atoms with Crippen LogP contribution in [0.3, 0.4) is 0 Å². The fraction of sp³-hybridized carbons (Fsp3) is 0.385. The number of carbonyl (C=O) groups is 1. The lowest BCUT2D eigenvalue weighted by molar-refractivity contribution is -0.139. The number of hydrogen-bond donors (Lipinski definition) is 1. The number of esters is 1. The normalized spacial score (nSPS) is 10.6. The van der Waals surface area contributed by atoms with Gasteiger partial charge in [0.1, 0.15) is 0 Å². The van der Waals surface area contributed by atoms with Crippen molar-refractivity contribution in [3.05, 3.63) is 24.5 Å². The second-order valence-electron chi connectivity index (χ2n) is 4.01. The third-order valence-electron chi connectivity index (χ3n) is 2.60. The summed E-state index contributed by atoms with van der Waals surface area (Å²) >= 11 is 1.24. The molecule has 0 fully saturated rings. The molecule has 0 radical (unpaired) electrons. The van der Waals surface area contributed by atoms with Gasteiger partial charge < -0.3 is 9.84 Å². The van der Waals surface area contributed by atoms with Crippen LogP contribution in [0, 0.1) is 0 Å². The van der Waals surface area contributed by atoms with Gasteiger partial charge in [-0.25, -0.2) is 0 Å². The molecule has 0 saturated heterocycles. The Morgan fingerprint density at radius 1 is 1.38 bits per heavy atom.